The number of nitrogens with two attached hydrogens (primary N) is 1. The second-order valence-corrected chi connectivity index (χ2v) is 6.76. The second-order valence-electron chi connectivity index (χ2n) is 4.18. The minimum absolute atomic E-state index is 0.247. The van der Waals surface area contributed by atoms with Crippen LogP contribution in [0.2, 0.25) is 0 Å². The summed E-state index contributed by atoms with van der Waals surface area (Å²) >= 11 is 3.11. The highest BCUT2D eigenvalue weighted by Crippen LogP contribution is 2.25. The predicted molar refractivity (Wildman–Crippen MR) is 81.2 cm³/mol. The van der Waals surface area contributed by atoms with E-state index in [1.807, 2.05) is 0 Å². The summed E-state index contributed by atoms with van der Waals surface area (Å²) in [6, 6.07) is 10.5. The van der Waals surface area contributed by atoms with Crippen LogP contribution in [-0.2, 0) is 15.8 Å². The van der Waals surface area contributed by atoms with Crippen molar-refractivity contribution in [2.45, 2.75) is 5.75 Å². The molecule has 0 saturated carbocycles. The van der Waals surface area contributed by atoms with E-state index in [9.17, 15) is 12.8 Å². The topological polar surface area (TPSA) is 72.2 Å². The van der Waals surface area contributed by atoms with E-state index in [4.69, 9.17) is 5.73 Å². The number of hydrogen-bond donors (Lipinski definition) is 2. The van der Waals surface area contributed by atoms with Crippen molar-refractivity contribution < 1.29 is 12.8 Å². The van der Waals surface area contributed by atoms with Gasteiger partial charge in [-0.1, -0.05) is 18.2 Å². The predicted octanol–water partition coefficient (Wildman–Crippen LogP) is 3.11. The van der Waals surface area contributed by atoms with Crippen LogP contribution in [0.5, 0.6) is 0 Å². The molecule has 0 bridgehead atoms. The van der Waals surface area contributed by atoms with Gasteiger partial charge in [0.1, 0.15) is 5.82 Å². The van der Waals surface area contributed by atoms with Gasteiger partial charge in [-0.2, -0.15) is 0 Å². The number of rotatable bonds is 4. The quantitative estimate of drug-likeness (QED) is 0.824. The number of hydrogen-bond acceptors (Lipinski definition) is 3. The fourth-order valence-corrected chi connectivity index (χ4v) is 3.48. The van der Waals surface area contributed by atoms with Crippen LogP contribution in [0, 0.1) is 5.82 Å². The maximum atomic E-state index is 13.0. The third-order valence-electron chi connectivity index (χ3n) is 2.60. The van der Waals surface area contributed by atoms with Crippen molar-refractivity contribution in [1.29, 1.82) is 0 Å². The summed E-state index contributed by atoms with van der Waals surface area (Å²) in [5.74, 6) is -0.698. The Labute approximate surface area is 125 Å². The molecule has 7 heteroatoms. The molecule has 20 heavy (non-hydrogen) atoms. The SMILES string of the molecule is Nc1ccccc1CS(=O)(=O)Nc1ccc(F)cc1Br. The summed E-state index contributed by atoms with van der Waals surface area (Å²) in [7, 11) is -3.63. The van der Waals surface area contributed by atoms with Crippen LogP contribution in [0.25, 0.3) is 0 Å². The van der Waals surface area contributed by atoms with Gasteiger partial charge in [-0.05, 0) is 45.8 Å². The molecule has 0 radical (unpaired) electrons. The third kappa shape index (κ3) is 3.71. The van der Waals surface area contributed by atoms with Crippen LogP contribution >= 0.6 is 15.9 Å². The second kappa shape index (κ2) is 5.80. The first-order valence-corrected chi connectivity index (χ1v) is 8.11. The molecule has 0 fully saturated rings. The molecule has 0 aliphatic heterocycles. The van der Waals surface area contributed by atoms with Gasteiger partial charge < -0.3 is 5.73 Å². The van der Waals surface area contributed by atoms with Crippen LogP contribution < -0.4 is 10.5 Å². The highest BCUT2D eigenvalue weighted by atomic mass is 79.9. The van der Waals surface area contributed by atoms with Gasteiger partial charge in [-0.3, -0.25) is 4.72 Å². The van der Waals surface area contributed by atoms with E-state index in [0.717, 1.165) is 0 Å². The molecule has 106 valence electrons. The van der Waals surface area contributed by atoms with Gasteiger partial charge in [0.15, 0.2) is 0 Å². The first-order valence-electron chi connectivity index (χ1n) is 5.66. The van der Waals surface area contributed by atoms with Gasteiger partial charge in [0.05, 0.1) is 11.4 Å². The lowest BCUT2D eigenvalue weighted by Crippen LogP contribution is -2.16. The number of benzene rings is 2. The Hall–Kier alpha value is -1.60. The largest absolute Gasteiger partial charge is 0.398 e. The minimum Gasteiger partial charge on any atom is -0.398 e. The summed E-state index contributed by atoms with van der Waals surface area (Å²) in [4.78, 5) is 0. The number of halogens is 2. The zero-order valence-corrected chi connectivity index (χ0v) is 12.7. The van der Waals surface area contributed by atoms with Crippen molar-refractivity contribution in [2.75, 3.05) is 10.5 Å². The molecule has 0 aliphatic carbocycles. The Morgan fingerprint density at radius 1 is 1.20 bits per heavy atom. The van der Waals surface area contributed by atoms with Crippen LogP contribution in [0.15, 0.2) is 46.9 Å². The fourth-order valence-electron chi connectivity index (χ4n) is 1.65. The molecular formula is C13H12BrFN2O2S. The number of sulfonamides is 1. The number of nitrogens with one attached hydrogen (secondary N) is 1. The smallest absolute Gasteiger partial charge is 0.237 e. The number of anilines is 2. The molecule has 0 amide bonds. The molecule has 0 atom stereocenters. The van der Waals surface area contributed by atoms with Crippen molar-refractivity contribution in [2.24, 2.45) is 0 Å². The molecule has 0 heterocycles. The fraction of sp³-hybridized carbons (Fsp3) is 0.0769. The lowest BCUT2D eigenvalue weighted by Gasteiger charge is -2.11. The van der Waals surface area contributed by atoms with Crippen molar-refractivity contribution in [3.63, 3.8) is 0 Å². The zero-order chi connectivity index (χ0) is 14.8. The number of para-hydroxylation sites is 1. The normalized spacial score (nSPS) is 11.3. The van der Waals surface area contributed by atoms with Crippen molar-refractivity contribution >= 4 is 37.3 Å². The van der Waals surface area contributed by atoms with Gasteiger partial charge in [0.2, 0.25) is 10.0 Å². The first-order chi connectivity index (χ1) is 9.37. The summed E-state index contributed by atoms with van der Waals surface area (Å²) < 4.78 is 39.8. The standard InChI is InChI=1S/C13H12BrFN2O2S/c14-11-7-10(15)5-6-13(11)17-20(18,19)8-9-3-1-2-4-12(9)16/h1-7,17H,8,16H2. The molecular weight excluding hydrogens is 347 g/mol. The Balaban J connectivity index is 2.22. The third-order valence-corrected chi connectivity index (χ3v) is 4.48. The average molecular weight is 359 g/mol. The minimum atomic E-state index is -3.63. The van der Waals surface area contributed by atoms with Crippen molar-refractivity contribution in [1.82, 2.24) is 0 Å². The molecule has 3 N–H and O–H groups in total. The van der Waals surface area contributed by atoms with Crippen molar-refractivity contribution in [3.8, 4) is 0 Å². The Morgan fingerprint density at radius 3 is 2.55 bits per heavy atom. The molecule has 2 aromatic rings. The van der Waals surface area contributed by atoms with Crippen LogP contribution in [0.3, 0.4) is 0 Å². The summed E-state index contributed by atoms with van der Waals surface area (Å²) in [6.07, 6.45) is 0. The Kier molecular flexibility index (Phi) is 4.29. The average Bonchev–Trinajstić information content (AvgIpc) is 2.35. The monoisotopic (exact) mass is 358 g/mol. The molecule has 0 unspecified atom stereocenters. The zero-order valence-electron chi connectivity index (χ0n) is 10.3. The van der Waals surface area contributed by atoms with E-state index in [1.54, 1.807) is 24.3 Å². The molecule has 2 aromatic carbocycles. The summed E-state index contributed by atoms with van der Waals surface area (Å²) in [5.41, 5.74) is 6.92. The van der Waals surface area contributed by atoms with E-state index < -0.39 is 15.8 Å². The maximum Gasteiger partial charge on any atom is 0.237 e. The van der Waals surface area contributed by atoms with Crippen molar-refractivity contribution in [3.05, 3.63) is 58.3 Å². The van der Waals surface area contributed by atoms with Crippen LogP contribution in [0.4, 0.5) is 15.8 Å². The first kappa shape index (κ1) is 14.8. The highest BCUT2D eigenvalue weighted by Gasteiger charge is 2.15. The Morgan fingerprint density at radius 2 is 1.90 bits per heavy atom. The summed E-state index contributed by atoms with van der Waals surface area (Å²) in [6.45, 7) is 0. The number of nitrogen functional groups attached to an aromatic ring is 1. The van der Waals surface area contributed by atoms with E-state index in [1.165, 1.54) is 18.2 Å². The van der Waals surface area contributed by atoms with E-state index in [-0.39, 0.29) is 11.4 Å². The van der Waals surface area contributed by atoms with Gasteiger partial charge in [-0.25, -0.2) is 12.8 Å². The molecule has 0 aromatic heterocycles. The van der Waals surface area contributed by atoms with E-state index >= 15 is 0 Å². The molecule has 0 spiro atoms. The summed E-state index contributed by atoms with van der Waals surface area (Å²) in [5, 5.41) is 0. The van der Waals surface area contributed by atoms with Crippen LogP contribution in [-0.4, -0.2) is 8.42 Å². The molecule has 2 rings (SSSR count). The van der Waals surface area contributed by atoms with Gasteiger partial charge >= 0.3 is 0 Å². The Bertz CT molecular complexity index is 735. The van der Waals surface area contributed by atoms with Crippen LogP contribution in [0.1, 0.15) is 5.56 Å². The lowest BCUT2D eigenvalue weighted by atomic mass is 10.2. The van der Waals surface area contributed by atoms with E-state index in [2.05, 4.69) is 20.7 Å². The molecule has 0 aliphatic rings. The molecule has 0 saturated heterocycles. The van der Waals surface area contributed by atoms with E-state index in [0.29, 0.717) is 15.7 Å². The maximum absolute atomic E-state index is 13.0. The molecule has 4 nitrogen and oxygen atoms in total. The highest BCUT2D eigenvalue weighted by molar-refractivity contribution is 9.10. The lowest BCUT2D eigenvalue weighted by molar-refractivity contribution is 0.600. The van der Waals surface area contributed by atoms with Gasteiger partial charge in [0, 0.05) is 10.2 Å². The van der Waals surface area contributed by atoms with Gasteiger partial charge in [-0.15, -0.1) is 0 Å². The van der Waals surface area contributed by atoms with Gasteiger partial charge in [0.25, 0.3) is 0 Å².